The summed E-state index contributed by atoms with van der Waals surface area (Å²) in [6.07, 6.45) is 2.57. The lowest BCUT2D eigenvalue weighted by Gasteiger charge is -2.19. The first-order valence-corrected chi connectivity index (χ1v) is 10.9. The van der Waals surface area contributed by atoms with E-state index in [9.17, 15) is 0 Å². The number of para-hydroxylation sites is 1. The molecule has 2 heterocycles. The van der Waals surface area contributed by atoms with Gasteiger partial charge in [0.05, 0.1) is 12.8 Å². The number of halogens is 1. The average Bonchev–Trinajstić information content (AvgIpc) is 3.18. The SMILES string of the molecule is [B]c1cnn2c(NCCCN(C)Cc3ccccc3OC)cc(-c3ccccc3Cl)nc12. The number of nitrogens with one attached hydrogen (secondary N) is 1. The summed E-state index contributed by atoms with van der Waals surface area (Å²) in [4.78, 5) is 6.96. The van der Waals surface area contributed by atoms with Gasteiger partial charge in [-0.05, 0) is 37.6 Å². The van der Waals surface area contributed by atoms with Crippen molar-refractivity contribution in [1.82, 2.24) is 19.5 Å². The number of aromatic nitrogens is 3. The van der Waals surface area contributed by atoms with Crippen LogP contribution in [0.1, 0.15) is 12.0 Å². The van der Waals surface area contributed by atoms with Gasteiger partial charge in [-0.25, -0.2) is 4.98 Å². The summed E-state index contributed by atoms with van der Waals surface area (Å²) in [5.74, 6) is 1.74. The van der Waals surface area contributed by atoms with Crippen molar-refractivity contribution in [3.8, 4) is 17.0 Å². The van der Waals surface area contributed by atoms with Crippen LogP contribution in [0.4, 0.5) is 5.82 Å². The van der Waals surface area contributed by atoms with E-state index in [0.717, 1.165) is 48.9 Å². The van der Waals surface area contributed by atoms with E-state index in [1.54, 1.807) is 17.8 Å². The lowest BCUT2D eigenvalue weighted by molar-refractivity contribution is 0.316. The Kier molecular flexibility index (Phi) is 6.97. The van der Waals surface area contributed by atoms with E-state index in [4.69, 9.17) is 24.2 Å². The Morgan fingerprint density at radius 1 is 1.16 bits per heavy atom. The van der Waals surface area contributed by atoms with Crippen LogP contribution in [0.5, 0.6) is 5.75 Å². The normalized spacial score (nSPS) is 11.2. The second-order valence-electron chi connectivity index (χ2n) is 7.67. The molecule has 0 atom stereocenters. The number of anilines is 1. The lowest BCUT2D eigenvalue weighted by Crippen LogP contribution is -2.22. The van der Waals surface area contributed by atoms with Gasteiger partial charge in [-0.15, -0.1) is 0 Å². The molecule has 6 nitrogen and oxygen atoms in total. The molecule has 2 aromatic carbocycles. The van der Waals surface area contributed by atoms with Crippen molar-refractivity contribution in [2.75, 3.05) is 32.6 Å². The average molecular weight is 446 g/mol. The molecule has 0 spiro atoms. The van der Waals surface area contributed by atoms with Crippen molar-refractivity contribution in [1.29, 1.82) is 0 Å². The molecule has 8 heteroatoms. The molecule has 4 rings (SSSR count). The van der Waals surface area contributed by atoms with Crippen molar-refractivity contribution < 1.29 is 4.74 Å². The zero-order valence-electron chi connectivity index (χ0n) is 18.3. The molecular weight excluding hydrogens is 421 g/mol. The molecule has 162 valence electrons. The second kappa shape index (κ2) is 10.1. The maximum absolute atomic E-state index is 6.40. The first-order valence-electron chi connectivity index (χ1n) is 10.5. The number of ether oxygens (including phenoxy) is 1. The Hall–Kier alpha value is -3.03. The molecule has 0 saturated carbocycles. The smallest absolute Gasteiger partial charge is 0.150 e. The third-order valence-electron chi connectivity index (χ3n) is 5.30. The number of methoxy groups -OCH3 is 1. The topological polar surface area (TPSA) is 54.7 Å². The van der Waals surface area contributed by atoms with E-state index in [2.05, 4.69) is 33.4 Å². The molecule has 0 saturated heterocycles. The van der Waals surface area contributed by atoms with Gasteiger partial charge in [-0.2, -0.15) is 9.61 Å². The highest BCUT2D eigenvalue weighted by atomic mass is 35.5. The highest BCUT2D eigenvalue weighted by Crippen LogP contribution is 2.28. The van der Waals surface area contributed by atoms with Crippen LogP contribution in [0.25, 0.3) is 16.9 Å². The summed E-state index contributed by atoms with van der Waals surface area (Å²) in [5.41, 5.74) is 3.93. The number of nitrogens with zero attached hydrogens (tertiary/aromatic N) is 4. The summed E-state index contributed by atoms with van der Waals surface area (Å²) in [5, 5.41) is 8.50. The molecule has 32 heavy (non-hydrogen) atoms. The van der Waals surface area contributed by atoms with E-state index in [1.165, 1.54) is 5.56 Å². The Morgan fingerprint density at radius 3 is 2.75 bits per heavy atom. The monoisotopic (exact) mass is 445 g/mol. The molecule has 0 aliphatic heterocycles. The number of rotatable bonds is 9. The molecule has 1 N–H and O–H groups in total. The minimum Gasteiger partial charge on any atom is -0.496 e. The summed E-state index contributed by atoms with van der Waals surface area (Å²) < 4.78 is 7.18. The molecule has 2 radical (unpaired) electrons. The van der Waals surface area contributed by atoms with Gasteiger partial charge in [0.2, 0.25) is 0 Å². The summed E-state index contributed by atoms with van der Waals surface area (Å²) in [6, 6.07) is 17.7. The van der Waals surface area contributed by atoms with Crippen LogP contribution >= 0.6 is 11.6 Å². The summed E-state index contributed by atoms with van der Waals surface area (Å²) in [6.45, 7) is 2.53. The molecule has 0 amide bonds. The standard InChI is InChI=1S/C24H25BClN5O/c1-30(16-17-8-3-6-11-22(17)32-2)13-7-12-27-23-14-21(18-9-4-5-10-20(18)26)29-24-19(25)15-28-31(23)24/h3-6,8-11,14-15,27H,7,12-13,16H2,1-2H3. The number of benzene rings is 2. The number of hydrogen-bond donors (Lipinski definition) is 1. The predicted octanol–water partition coefficient (Wildman–Crippen LogP) is 3.79. The third-order valence-corrected chi connectivity index (χ3v) is 5.63. The lowest BCUT2D eigenvalue weighted by atomic mass is 10.0. The molecular formula is C24H25BClN5O. The fourth-order valence-electron chi connectivity index (χ4n) is 3.68. The van der Waals surface area contributed by atoms with Crippen molar-refractivity contribution in [3.05, 3.63) is 71.4 Å². The van der Waals surface area contributed by atoms with Crippen LogP contribution in [0, 0.1) is 0 Å². The minimum atomic E-state index is 0.526. The fourth-order valence-corrected chi connectivity index (χ4v) is 3.91. The first-order chi connectivity index (χ1) is 15.6. The van der Waals surface area contributed by atoms with Crippen molar-refractivity contribution in [2.24, 2.45) is 0 Å². The van der Waals surface area contributed by atoms with E-state index < -0.39 is 0 Å². The summed E-state index contributed by atoms with van der Waals surface area (Å²) >= 11 is 6.40. The Balaban J connectivity index is 1.43. The Labute approximate surface area is 194 Å². The van der Waals surface area contributed by atoms with Crippen molar-refractivity contribution in [3.63, 3.8) is 0 Å². The third kappa shape index (κ3) is 4.90. The van der Waals surface area contributed by atoms with E-state index in [1.807, 2.05) is 48.5 Å². The number of fused-ring (bicyclic) bond motifs is 1. The van der Waals surface area contributed by atoms with Gasteiger partial charge in [-0.1, -0.05) is 48.0 Å². The van der Waals surface area contributed by atoms with Gasteiger partial charge in [0.1, 0.15) is 19.4 Å². The molecule has 4 aromatic rings. The predicted molar refractivity (Wildman–Crippen MR) is 131 cm³/mol. The van der Waals surface area contributed by atoms with Gasteiger partial charge in [-0.3, -0.25) is 0 Å². The molecule has 0 fully saturated rings. The molecule has 0 unspecified atom stereocenters. The Bertz CT molecular complexity index is 1210. The molecule has 2 aromatic heterocycles. The molecule has 0 aliphatic rings. The zero-order valence-corrected chi connectivity index (χ0v) is 19.0. The van der Waals surface area contributed by atoms with Crippen LogP contribution in [0.15, 0.2) is 60.8 Å². The maximum atomic E-state index is 6.40. The summed E-state index contributed by atoms with van der Waals surface area (Å²) in [7, 11) is 9.92. The molecule has 0 aliphatic carbocycles. The van der Waals surface area contributed by atoms with E-state index in [0.29, 0.717) is 16.1 Å². The van der Waals surface area contributed by atoms with Gasteiger partial charge >= 0.3 is 0 Å². The highest BCUT2D eigenvalue weighted by Gasteiger charge is 2.12. The zero-order chi connectivity index (χ0) is 22.5. The van der Waals surface area contributed by atoms with Crippen LogP contribution in [-0.2, 0) is 6.54 Å². The fraction of sp³-hybridized carbons (Fsp3) is 0.250. The van der Waals surface area contributed by atoms with Crippen LogP contribution in [0.3, 0.4) is 0 Å². The van der Waals surface area contributed by atoms with Gasteiger partial charge < -0.3 is 15.0 Å². The van der Waals surface area contributed by atoms with Crippen molar-refractivity contribution in [2.45, 2.75) is 13.0 Å². The minimum absolute atomic E-state index is 0.526. The first kappa shape index (κ1) is 22.2. The van der Waals surface area contributed by atoms with Gasteiger partial charge in [0.25, 0.3) is 0 Å². The largest absolute Gasteiger partial charge is 0.496 e. The van der Waals surface area contributed by atoms with Crippen LogP contribution in [0.2, 0.25) is 5.02 Å². The second-order valence-corrected chi connectivity index (χ2v) is 8.08. The van der Waals surface area contributed by atoms with Crippen molar-refractivity contribution >= 4 is 36.4 Å². The highest BCUT2D eigenvalue weighted by molar-refractivity contribution is 6.36. The molecule has 0 bridgehead atoms. The van der Waals surface area contributed by atoms with Crippen LogP contribution in [-0.4, -0.2) is 54.6 Å². The van der Waals surface area contributed by atoms with Gasteiger partial charge in [0.15, 0.2) is 5.65 Å². The van der Waals surface area contributed by atoms with Gasteiger partial charge in [0, 0.05) is 41.5 Å². The quantitative estimate of drug-likeness (QED) is 0.314. The van der Waals surface area contributed by atoms with E-state index in [-0.39, 0.29) is 0 Å². The van der Waals surface area contributed by atoms with Crippen LogP contribution < -0.4 is 15.5 Å². The van der Waals surface area contributed by atoms with E-state index >= 15 is 0 Å². The maximum Gasteiger partial charge on any atom is 0.150 e. The number of hydrogen-bond acceptors (Lipinski definition) is 5. The Morgan fingerprint density at radius 2 is 1.94 bits per heavy atom.